The highest BCUT2D eigenvalue weighted by atomic mass is 16.1. The molecule has 1 aliphatic rings. The Kier molecular flexibility index (Phi) is 3.59. The smallest absolute Gasteiger partial charge is 0.222 e. The molecule has 2 rings (SSSR count). The average molecular weight is 263 g/mol. The van der Waals surface area contributed by atoms with Crippen molar-refractivity contribution in [2.45, 2.75) is 38.6 Å². The number of anilines is 2. The summed E-state index contributed by atoms with van der Waals surface area (Å²) < 4.78 is 0. The number of carbonyl (C=O) groups excluding carboxylic acids is 1. The van der Waals surface area contributed by atoms with Crippen molar-refractivity contribution in [3.63, 3.8) is 0 Å². The molecule has 0 radical (unpaired) electrons. The van der Waals surface area contributed by atoms with E-state index in [1.165, 1.54) is 0 Å². The molecule has 1 aliphatic heterocycles. The molecule has 0 saturated carbocycles. The lowest BCUT2D eigenvalue weighted by atomic mass is 9.96. The van der Waals surface area contributed by atoms with Gasteiger partial charge in [0.25, 0.3) is 0 Å². The molecule has 2 heterocycles. The minimum atomic E-state index is -0.118. The molecule has 104 valence electrons. The van der Waals surface area contributed by atoms with Crippen molar-refractivity contribution in [2.24, 2.45) is 0 Å². The number of carbonyl (C=O) groups is 1. The summed E-state index contributed by atoms with van der Waals surface area (Å²) in [7, 11) is 1.83. The minimum absolute atomic E-state index is 0.0800. The Morgan fingerprint density at radius 1 is 1.32 bits per heavy atom. The number of aromatic nitrogens is 2. The Morgan fingerprint density at radius 3 is 2.53 bits per heavy atom. The predicted molar refractivity (Wildman–Crippen MR) is 75.3 cm³/mol. The van der Waals surface area contributed by atoms with Gasteiger partial charge < -0.3 is 16.0 Å². The molecule has 1 aromatic rings. The first-order chi connectivity index (χ1) is 8.88. The molecule has 1 fully saturated rings. The molecule has 0 aromatic carbocycles. The second kappa shape index (κ2) is 5.03. The number of hydrogen-bond donors (Lipinski definition) is 3. The predicted octanol–water partition coefficient (Wildman–Crippen LogP) is 1.12. The van der Waals surface area contributed by atoms with Crippen LogP contribution in [-0.2, 0) is 10.2 Å². The second-order valence-corrected chi connectivity index (χ2v) is 5.81. The summed E-state index contributed by atoms with van der Waals surface area (Å²) >= 11 is 0. The quantitative estimate of drug-likeness (QED) is 0.761. The van der Waals surface area contributed by atoms with Gasteiger partial charge in [0, 0.05) is 31.5 Å². The van der Waals surface area contributed by atoms with Crippen LogP contribution in [0.4, 0.5) is 11.6 Å². The Morgan fingerprint density at radius 2 is 2.00 bits per heavy atom. The Hall–Kier alpha value is -1.85. The molecule has 6 nitrogen and oxygen atoms in total. The van der Waals surface area contributed by atoms with Gasteiger partial charge in [0.05, 0.1) is 6.04 Å². The second-order valence-electron chi connectivity index (χ2n) is 5.81. The zero-order valence-corrected chi connectivity index (χ0v) is 11.9. The Labute approximate surface area is 113 Å². The number of nitrogens with zero attached hydrogens (tertiary/aromatic N) is 2. The highest BCUT2D eigenvalue weighted by Crippen LogP contribution is 2.22. The Bertz CT molecular complexity index is 480. The monoisotopic (exact) mass is 263 g/mol. The molecule has 3 N–H and O–H groups in total. The molecule has 1 amide bonds. The lowest BCUT2D eigenvalue weighted by Gasteiger charge is -2.20. The van der Waals surface area contributed by atoms with Crippen LogP contribution in [0.2, 0.25) is 0 Å². The first kappa shape index (κ1) is 13.6. The summed E-state index contributed by atoms with van der Waals surface area (Å²) in [5, 5.41) is 9.13. The molecular weight excluding hydrogens is 242 g/mol. The van der Waals surface area contributed by atoms with E-state index in [-0.39, 0.29) is 17.4 Å². The van der Waals surface area contributed by atoms with Crippen molar-refractivity contribution in [1.82, 2.24) is 15.3 Å². The molecule has 0 bridgehead atoms. The van der Waals surface area contributed by atoms with Crippen LogP contribution >= 0.6 is 0 Å². The van der Waals surface area contributed by atoms with Gasteiger partial charge >= 0.3 is 0 Å². The number of hydrogen-bond acceptors (Lipinski definition) is 5. The van der Waals surface area contributed by atoms with Gasteiger partial charge in [-0.25, -0.2) is 9.97 Å². The zero-order chi connectivity index (χ0) is 14.0. The maximum Gasteiger partial charge on any atom is 0.222 e. The van der Waals surface area contributed by atoms with Gasteiger partial charge in [-0.2, -0.15) is 0 Å². The van der Waals surface area contributed by atoms with E-state index < -0.39 is 0 Å². The molecule has 6 heteroatoms. The van der Waals surface area contributed by atoms with Crippen LogP contribution in [0.25, 0.3) is 0 Å². The fourth-order valence-electron chi connectivity index (χ4n) is 1.90. The van der Waals surface area contributed by atoms with Crippen molar-refractivity contribution >= 4 is 17.5 Å². The van der Waals surface area contributed by atoms with Crippen LogP contribution in [0.15, 0.2) is 6.07 Å². The third kappa shape index (κ3) is 3.33. The third-order valence-corrected chi connectivity index (χ3v) is 2.98. The maximum absolute atomic E-state index is 11.2. The van der Waals surface area contributed by atoms with Crippen LogP contribution < -0.4 is 16.0 Å². The number of nitrogens with one attached hydrogen (secondary N) is 3. The van der Waals surface area contributed by atoms with Gasteiger partial charge in [0.15, 0.2) is 0 Å². The van der Waals surface area contributed by atoms with Crippen LogP contribution in [0.5, 0.6) is 0 Å². The summed E-state index contributed by atoms with van der Waals surface area (Å²) in [6.45, 7) is 6.87. The van der Waals surface area contributed by atoms with Crippen LogP contribution in [0.1, 0.15) is 33.0 Å². The SMILES string of the molecule is CNc1cc(NC2CNC(=O)C2)nc(C(C)(C)C)n1. The molecule has 1 unspecified atom stereocenters. The third-order valence-electron chi connectivity index (χ3n) is 2.98. The molecule has 1 aromatic heterocycles. The number of rotatable bonds is 3. The van der Waals surface area contributed by atoms with Crippen molar-refractivity contribution in [3.05, 3.63) is 11.9 Å². The zero-order valence-electron chi connectivity index (χ0n) is 11.9. The van der Waals surface area contributed by atoms with E-state index in [2.05, 4.69) is 46.7 Å². The fourth-order valence-corrected chi connectivity index (χ4v) is 1.90. The van der Waals surface area contributed by atoms with E-state index in [4.69, 9.17) is 0 Å². The van der Waals surface area contributed by atoms with Gasteiger partial charge in [0.1, 0.15) is 17.5 Å². The van der Waals surface area contributed by atoms with Crippen molar-refractivity contribution in [3.8, 4) is 0 Å². The van der Waals surface area contributed by atoms with Gasteiger partial charge in [-0.3, -0.25) is 4.79 Å². The molecule has 1 atom stereocenters. The van der Waals surface area contributed by atoms with Crippen LogP contribution in [0.3, 0.4) is 0 Å². The van der Waals surface area contributed by atoms with E-state index >= 15 is 0 Å². The summed E-state index contributed by atoms with van der Waals surface area (Å²) in [4.78, 5) is 20.2. The summed E-state index contributed by atoms with van der Waals surface area (Å²) in [6.07, 6.45) is 0.490. The van der Waals surface area contributed by atoms with Crippen LogP contribution in [0, 0.1) is 0 Å². The van der Waals surface area contributed by atoms with Gasteiger partial charge in [-0.05, 0) is 0 Å². The lowest BCUT2D eigenvalue weighted by molar-refractivity contribution is -0.119. The highest BCUT2D eigenvalue weighted by molar-refractivity contribution is 5.79. The number of amides is 1. The first-order valence-electron chi connectivity index (χ1n) is 6.49. The van der Waals surface area contributed by atoms with Crippen LogP contribution in [-0.4, -0.2) is 35.5 Å². The molecule has 1 saturated heterocycles. The average Bonchev–Trinajstić information content (AvgIpc) is 2.73. The maximum atomic E-state index is 11.2. The van der Waals surface area contributed by atoms with Gasteiger partial charge in [-0.15, -0.1) is 0 Å². The van der Waals surface area contributed by atoms with Gasteiger partial charge in [0.2, 0.25) is 5.91 Å². The molecule has 0 spiro atoms. The lowest BCUT2D eigenvalue weighted by Crippen LogP contribution is -2.24. The Balaban J connectivity index is 2.22. The van der Waals surface area contributed by atoms with Crippen molar-refractivity contribution < 1.29 is 4.79 Å². The van der Waals surface area contributed by atoms with Crippen molar-refractivity contribution in [2.75, 3.05) is 24.2 Å². The minimum Gasteiger partial charge on any atom is -0.373 e. The largest absolute Gasteiger partial charge is 0.373 e. The van der Waals surface area contributed by atoms with E-state index in [0.717, 1.165) is 17.5 Å². The standard InChI is InChI=1S/C13H21N5O/c1-13(2,3)12-17-9(14-4)6-10(18-12)16-8-5-11(19)15-7-8/h6,8H,5,7H2,1-4H3,(H,15,19)(H2,14,16,17,18). The van der Waals surface area contributed by atoms with E-state index in [1.807, 2.05) is 13.1 Å². The summed E-state index contributed by atoms with van der Waals surface area (Å²) in [6, 6.07) is 1.96. The van der Waals surface area contributed by atoms with E-state index in [0.29, 0.717) is 13.0 Å². The molecule has 0 aliphatic carbocycles. The van der Waals surface area contributed by atoms with Crippen molar-refractivity contribution in [1.29, 1.82) is 0 Å². The normalized spacial score (nSPS) is 19.2. The molecule has 19 heavy (non-hydrogen) atoms. The first-order valence-corrected chi connectivity index (χ1v) is 6.49. The fraction of sp³-hybridized carbons (Fsp3) is 0.615. The topological polar surface area (TPSA) is 78.9 Å². The summed E-state index contributed by atoms with van der Waals surface area (Å²) in [5.41, 5.74) is -0.118. The van der Waals surface area contributed by atoms with E-state index in [9.17, 15) is 4.79 Å². The van der Waals surface area contributed by atoms with E-state index in [1.54, 1.807) is 0 Å². The highest BCUT2D eigenvalue weighted by Gasteiger charge is 2.23. The summed E-state index contributed by atoms with van der Waals surface area (Å²) in [5.74, 6) is 2.39. The van der Waals surface area contributed by atoms with Gasteiger partial charge in [-0.1, -0.05) is 20.8 Å². The molecular formula is C13H21N5O.